The van der Waals surface area contributed by atoms with Gasteiger partial charge in [-0.25, -0.2) is 0 Å². The van der Waals surface area contributed by atoms with Gasteiger partial charge in [0, 0.05) is 12.0 Å². The summed E-state index contributed by atoms with van der Waals surface area (Å²) in [6.45, 7) is 6.65. The Bertz CT molecular complexity index is 734. The minimum atomic E-state index is 0.165. The lowest BCUT2D eigenvalue weighted by Gasteiger charge is -2.18. The third-order valence-electron chi connectivity index (χ3n) is 3.77. The van der Waals surface area contributed by atoms with E-state index in [-0.39, 0.29) is 5.41 Å². The number of nitrogens with one attached hydrogen (secondary N) is 1. The van der Waals surface area contributed by atoms with Crippen LogP contribution in [0.15, 0.2) is 54.6 Å². The van der Waals surface area contributed by atoms with Gasteiger partial charge >= 0.3 is 0 Å². The Kier molecular flexibility index (Phi) is 3.80. The van der Waals surface area contributed by atoms with Crippen LogP contribution in [0, 0.1) is 0 Å². The lowest BCUT2D eigenvalue weighted by molar-refractivity contribution is 0.590. The molecule has 0 aliphatic heterocycles. The standard InChI is InChI=1S/C19H21N3/c1-19(2,3)16-11-9-15(10-12-16)18-20-17(21-22-18)13-14-7-5-4-6-8-14/h4-12H,13H2,1-3H3,(H,20,21,22). The molecule has 112 valence electrons. The Morgan fingerprint density at radius 1 is 0.864 bits per heavy atom. The fourth-order valence-corrected chi connectivity index (χ4v) is 2.42. The van der Waals surface area contributed by atoms with Crippen LogP contribution in [-0.2, 0) is 11.8 Å². The Hall–Kier alpha value is -2.42. The molecule has 3 rings (SSSR count). The normalized spacial score (nSPS) is 11.6. The van der Waals surface area contributed by atoms with Gasteiger partial charge in [-0.15, -0.1) is 10.2 Å². The summed E-state index contributed by atoms with van der Waals surface area (Å²) in [5.41, 5.74) is 3.78. The third-order valence-corrected chi connectivity index (χ3v) is 3.77. The smallest absolute Gasteiger partial charge is 0.161 e. The fourth-order valence-electron chi connectivity index (χ4n) is 2.42. The molecule has 0 aliphatic carbocycles. The van der Waals surface area contributed by atoms with Crippen molar-refractivity contribution < 1.29 is 0 Å². The SMILES string of the molecule is CC(C)(C)c1ccc(-c2nnc(Cc3ccccc3)[nH]2)cc1. The molecule has 0 spiro atoms. The first kappa shape index (κ1) is 14.5. The van der Waals surface area contributed by atoms with Gasteiger partial charge in [0.25, 0.3) is 0 Å². The van der Waals surface area contributed by atoms with Crippen LogP contribution < -0.4 is 0 Å². The van der Waals surface area contributed by atoms with Crippen LogP contribution in [0.1, 0.15) is 37.7 Å². The second-order valence-corrected chi connectivity index (χ2v) is 6.61. The average molecular weight is 291 g/mol. The van der Waals surface area contributed by atoms with Crippen LogP contribution in [0.3, 0.4) is 0 Å². The number of benzene rings is 2. The molecule has 1 N–H and O–H groups in total. The largest absolute Gasteiger partial charge is 0.325 e. The molecule has 3 nitrogen and oxygen atoms in total. The van der Waals surface area contributed by atoms with Gasteiger partial charge in [-0.3, -0.25) is 0 Å². The average Bonchev–Trinajstić information content (AvgIpc) is 2.96. The molecule has 0 aliphatic rings. The Labute approximate surface area is 131 Å². The van der Waals surface area contributed by atoms with Crippen molar-refractivity contribution in [1.29, 1.82) is 0 Å². The van der Waals surface area contributed by atoms with Gasteiger partial charge in [-0.05, 0) is 16.5 Å². The van der Waals surface area contributed by atoms with E-state index in [1.165, 1.54) is 11.1 Å². The molecule has 0 atom stereocenters. The molecular weight excluding hydrogens is 270 g/mol. The monoisotopic (exact) mass is 291 g/mol. The van der Waals surface area contributed by atoms with E-state index >= 15 is 0 Å². The van der Waals surface area contributed by atoms with E-state index in [9.17, 15) is 0 Å². The summed E-state index contributed by atoms with van der Waals surface area (Å²) in [6, 6.07) is 18.8. The summed E-state index contributed by atoms with van der Waals surface area (Å²) in [4.78, 5) is 3.31. The van der Waals surface area contributed by atoms with Crippen LogP contribution in [-0.4, -0.2) is 15.2 Å². The molecule has 1 aromatic heterocycles. The van der Waals surface area contributed by atoms with Crippen LogP contribution in [0.5, 0.6) is 0 Å². The second kappa shape index (κ2) is 5.76. The van der Waals surface area contributed by atoms with Crippen molar-refractivity contribution in [2.75, 3.05) is 0 Å². The van der Waals surface area contributed by atoms with Gasteiger partial charge < -0.3 is 4.98 Å². The molecule has 3 heteroatoms. The predicted molar refractivity (Wildman–Crippen MR) is 89.8 cm³/mol. The molecule has 0 fully saturated rings. The number of aromatic amines is 1. The number of H-pyrrole nitrogens is 1. The highest BCUT2D eigenvalue weighted by atomic mass is 15.2. The molecule has 0 unspecified atom stereocenters. The summed E-state index contributed by atoms with van der Waals surface area (Å²) in [5, 5.41) is 8.52. The molecule has 1 heterocycles. The highest BCUT2D eigenvalue weighted by Crippen LogP contribution is 2.24. The molecule has 2 aromatic carbocycles. The predicted octanol–water partition coefficient (Wildman–Crippen LogP) is 4.36. The molecule has 0 bridgehead atoms. The molecule has 0 saturated heterocycles. The summed E-state index contributed by atoms with van der Waals surface area (Å²) >= 11 is 0. The van der Waals surface area contributed by atoms with Crippen LogP contribution >= 0.6 is 0 Å². The zero-order valence-electron chi connectivity index (χ0n) is 13.3. The van der Waals surface area contributed by atoms with Crippen molar-refractivity contribution >= 4 is 0 Å². The van der Waals surface area contributed by atoms with Crippen molar-refractivity contribution in [2.24, 2.45) is 0 Å². The molecule has 22 heavy (non-hydrogen) atoms. The van der Waals surface area contributed by atoms with Gasteiger partial charge in [0.05, 0.1) is 0 Å². The van der Waals surface area contributed by atoms with E-state index in [0.29, 0.717) is 0 Å². The van der Waals surface area contributed by atoms with E-state index in [0.717, 1.165) is 23.6 Å². The first-order valence-electron chi connectivity index (χ1n) is 7.59. The highest BCUT2D eigenvalue weighted by Gasteiger charge is 2.14. The first-order chi connectivity index (χ1) is 10.5. The van der Waals surface area contributed by atoms with Crippen molar-refractivity contribution in [3.63, 3.8) is 0 Å². The minimum absolute atomic E-state index is 0.165. The summed E-state index contributed by atoms with van der Waals surface area (Å²) < 4.78 is 0. The van der Waals surface area contributed by atoms with Gasteiger partial charge in [0.15, 0.2) is 5.82 Å². The number of nitrogens with zero attached hydrogens (tertiary/aromatic N) is 2. The lowest BCUT2D eigenvalue weighted by atomic mass is 9.87. The number of rotatable bonds is 3. The molecule has 0 radical (unpaired) electrons. The first-order valence-corrected chi connectivity index (χ1v) is 7.59. The molecule has 3 aromatic rings. The minimum Gasteiger partial charge on any atom is -0.325 e. The molecule has 0 saturated carbocycles. The Balaban J connectivity index is 1.79. The number of aromatic nitrogens is 3. The van der Waals surface area contributed by atoms with E-state index in [4.69, 9.17) is 0 Å². The summed E-state index contributed by atoms with van der Waals surface area (Å²) in [6.07, 6.45) is 0.772. The third kappa shape index (κ3) is 3.25. The number of hydrogen-bond acceptors (Lipinski definition) is 2. The van der Waals surface area contributed by atoms with Crippen molar-refractivity contribution in [3.05, 3.63) is 71.5 Å². The topological polar surface area (TPSA) is 41.6 Å². The van der Waals surface area contributed by atoms with E-state index in [1.54, 1.807) is 0 Å². The second-order valence-electron chi connectivity index (χ2n) is 6.61. The summed E-state index contributed by atoms with van der Waals surface area (Å²) in [5.74, 6) is 1.72. The maximum atomic E-state index is 4.27. The zero-order valence-corrected chi connectivity index (χ0v) is 13.3. The summed E-state index contributed by atoms with van der Waals surface area (Å²) in [7, 11) is 0. The van der Waals surface area contributed by atoms with Crippen LogP contribution in [0.4, 0.5) is 0 Å². The Morgan fingerprint density at radius 3 is 2.18 bits per heavy atom. The maximum absolute atomic E-state index is 4.27. The van der Waals surface area contributed by atoms with Crippen LogP contribution in [0.2, 0.25) is 0 Å². The van der Waals surface area contributed by atoms with Crippen molar-refractivity contribution in [3.8, 4) is 11.4 Å². The highest BCUT2D eigenvalue weighted by molar-refractivity contribution is 5.55. The maximum Gasteiger partial charge on any atom is 0.161 e. The van der Waals surface area contributed by atoms with Gasteiger partial charge in [-0.2, -0.15) is 0 Å². The van der Waals surface area contributed by atoms with Gasteiger partial charge in [0.2, 0.25) is 0 Å². The van der Waals surface area contributed by atoms with Gasteiger partial charge in [-0.1, -0.05) is 75.4 Å². The fraction of sp³-hybridized carbons (Fsp3) is 0.263. The zero-order chi connectivity index (χ0) is 15.6. The molecular formula is C19H21N3. The molecule has 0 amide bonds. The van der Waals surface area contributed by atoms with Crippen molar-refractivity contribution in [1.82, 2.24) is 15.2 Å². The van der Waals surface area contributed by atoms with E-state index in [2.05, 4.69) is 72.4 Å². The van der Waals surface area contributed by atoms with Gasteiger partial charge in [0.1, 0.15) is 5.82 Å². The quantitative estimate of drug-likeness (QED) is 0.779. The van der Waals surface area contributed by atoms with E-state index < -0.39 is 0 Å². The Morgan fingerprint density at radius 2 is 1.55 bits per heavy atom. The lowest BCUT2D eigenvalue weighted by Crippen LogP contribution is -2.10. The van der Waals surface area contributed by atoms with E-state index in [1.807, 2.05) is 18.2 Å². The van der Waals surface area contributed by atoms with Crippen LogP contribution in [0.25, 0.3) is 11.4 Å². The number of hydrogen-bond donors (Lipinski definition) is 1. The van der Waals surface area contributed by atoms with Crippen molar-refractivity contribution in [2.45, 2.75) is 32.6 Å².